The van der Waals surface area contributed by atoms with Crippen molar-refractivity contribution in [3.8, 4) is 5.75 Å². The third-order valence-corrected chi connectivity index (χ3v) is 3.14. The number of carbonyl (C=O) groups excluding carboxylic acids is 2. The number of carbonyl (C=O) groups is 2. The molecule has 0 fully saturated rings. The van der Waals surface area contributed by atoms with Crippen LogP contribution in [0.5, 0.6) is 5.75 Å². The highest BCUT2D eigenvalue weighted by molar-refractivity contribution is 5.96. The molecule has 0 aliphatic heterocycles. The summed E-state index contributed by atoms with van der Waals surface area (Å²) >= 11 is 0. The summed E-state index contributed by atoms with van der Waals surface area (Å²) in [5, 5.41) is 3.26. The van der Waals surface area contributed by atoms with Crippen LogP contribution in [0.3, 0.4) is 0 Å². The van der Waals surface area contributed by atoms with Crippen molar-refractivity contribution < 1.29 is 18.7 Å². The van der Waals surface area contributed by atoms with E-state index in [0.717, 1.165) is 0 Å². The minimum atomic E-state index is -0.724. The normalized spacial score (nSPS) is 10.8. The summed E-state index contributed by atoms with van der Waals surface area (Å²) in [5.74, 6) is -0.265. The molecule has 0 atom stereocenters. The second-order valence-corrected chi connectivity index (χ2v) is 5.58. The summed E-state index contributed by atoms with van der Waals surface area (Å²) < 4.78 is 10.2. The molecule has 0 saturated carbocycles. The predicted octanol–water partition coefficient (Wildman–Crippen LogP) is 2.49. The second kappa shape index (κ2) is 7.09. The Labute approximate surface area is 133 Å². The van der Waals surface area contributed by atoms with Crippen LogP contribution in [-0.2, 0) is 4.79 Å². The first-order valence-electron chi connectivity index (χ1n) is 7.47. The van der Waals surface area contributed by atoms with Crippen LogP contribution in [0.25, 0.3) is 11.0 Å². The Kier molecular flexibility index (Phi) is 5.16. The molecule has 0 saturated heterocycles. The van der Waals surface area contributed by atoms with Gasteiger partial charge in [0.15, 0.2) is 0 Å². The first-order chi connectivity index (χ1) is 10.9. The Morgan fingerprint density at radius 1 is 1.26 bits per heavy atom. The monoisotopic (exact) mass is 317 g/mol. The molecular weight excluding hydrogens is 298 g/mol. The molecule has 0 radical (unpaired) electrons. The van der Waals surface area contributed by atoms with E-state index < -0.39 is 11.5 Å². The van der Waals surface area contributed by atoms with Crippen LogP contribution >= 0.6 is 0 Å². The summed E-state index contributed by atoms with van der Waals surface area (Å²) in [6.07, 6.45) is 0.247. The number of hydrogen-bond donors (Lipinski definition) is 1. The van der Waals surface area contributed by atoms with Crippen molar-refractivity contribution in [2.24, 2.45) is 5.92 Å². The molecule has 1 aromatic heterocycles. The number of rotatable bonds is 5. The average molecular weight is 317 g/mol. The van der Waals surface area contributed by atoms with E-state index in [1.165, 1.54) is 12.1 Å². The smallest absolute Gasteiger partial charge is 0.349 e. The number of nitrogens with one attached hydrogen (secondary N) is 1. The third-order valence-electron chi connectivity index (χ3n) is 3.14. The topological polar surface area (TPSA) is 85.6 Å². The largest absolute Gasteiger partial charge is 0.426 e. The maximum Gasteiger partial charge on any atom is 0.349 e. The van der Waals surface area contributed by atoms with Gasteiger partial charge < -0.3 is 14.5 Å². The molecule has 122 valence electrons. The van der Waals surface area contributed by atoms with Gasteiger partial charge in [0.2, 0.25) is 0 Å². The SMILES string of the molecule is CCC(=O)Oc1ccc2cc(C(=O)NCC(C)C)c(=O)oc2c1. The van der Waals surface area contributed by atoms with Gasteiger partial charge in [-0.25, -0.2) is 4.79 Å². The van der Waals surface area contributed by atoms with Gasteiger partial charge in [-0.2, -0.15) is 0 Å². The van der Waals surface area contributed by atoms with E-state index in [2.05, 4.69) is 5.32 Å². The van der Waals surface area contributed by atoms with Gasteiger partial charge in [0.05, 0.1) is 0 Å². The molecule has 1 aromatic carbocycles. The molecule has 6 heteroatoms. The van der Waals surface area contributed by atoms with E-state index in [9.17, 15) is 14.4 Å². The van der Waals surface area contributed by atoms with Gasteiger partial charge in [-0.15, -0.1) is 0 Å². The standard InChI is InChI=1S/C17H19NO5/c1-4-15(19)22-12-6-5-11-7-13(16(20)18-9-10(2)3)17(21)23-14(11)8-12/h5-8,10H,4,9H2,1-3H3,(H,18,20). The molecule has 0 bridgehead atoms. The molecule has 6 nitrogen and oxygen atoms in total. The zero-order chi connectivity index (χ0) is 17.0. The molecular formula is C17H19NO5. The fraction of sp³-hybridized carbons (Fsp3) is 0.353. The maximum atomic E-state index is 12.0. The van der Waals surface area contributed by atoms with Gasteiger partial charge in [-0.3, -0.25) is 9.59 Å². The lowest BCUT2D eigenvalue weighted by Crippen LogP contribution is -2.31. The maximum absolute atomic E-state index is 12.0. The van der Waals surface area contributed by atoms with Crippen molar-refractivity contribution in [1.29, 1.82) is 0 Å². The molecule has 0 aliphatic carbocycles. The number of hydrogen-bond acceptors (Lipinski definition) is 5. The fourth-order valence-corrected chi connectivity index (χ4v) is 1.91. The first-order valence-corrected chi connectivity index (χ1v) is 7.47. The van der Waals surface area contributed by atoms with Crippen molar-refractivity contribution in [3.63, 3.8) is 0 Å². The fourth-order valence-electron chi connectivity index (χ4n) is 1.91. The lowest BCUT2D eigenvalue weighted by atomic mass is 10.1. The molecule has 0 aliphatic rings. The number of ether oxygens (including phenoxy) is 1. The number of benzene rings is 1. The molecule has 0 spiro atoms. The van der Waals surface area contributed by atoms with Crippen LogP contribution in [0.1, 0.15) is 37.6 Å². The second-order valence-electron chi connectivity index (χ2n) is 5.58. The molecule has 1 N–H and O–H groups in total. The Bertz CT molecular complexity index is 791. The van der Waals surface area contributed by atoms with Crippen molar-refractivity contribution in [2.75, 3.05) is 6.54 Å². The highest BCUT2D eigenvalue weighted by Crippen LogP contribution is 2.21. The first kappa shape index (κ1) is 16.7. The van der Waals surface area contributed by atoms with E-state index in [4.69, 9.17) is 9.15 Å². The third kappa shape index (κ3) is 4.18. The summed E-state index contributed by atoms with van der Waals surface area (Å²) in [4.78, 5) is 35.3. The Balaban J connectivity index is 2.32. The summed E-state index contributed by atoms with van der Waals surface area (Å²) in [7, 11) is 0. The Morgan fingerprint density at radius 2 is 2.00 bits per heavy atom. The summed E-state index contributed by atoms with van der Waals surface area (Å²) in [5.41, 5.74) is -0.508. The Morgan fingerprint density at radius 3 is 2.65 bits per heavy atom. The number of esters is 1. The van der Waals surface area contributed by atoms with Gasteiger partial charge in [-0.1, -0.05) is 20.8 Å². The van der Waals surface area contributed by atoms with Gasteiger partial charge in [0.25, 0.3) is 5.91 Å². The minimum Gasteiger partial charge on any atom is -0.426 e. The van der Waals surface area contributed by atoms with Crippen LogP contribution in [0.2, 0.25) is 0 Å². The van der Waals surface area contributed by atoms with Gasteiger partial charge in [0, 0.05) is 24.4 Å². The van der Waals surface area contributed by atoms with Crippen molar-refractivity contribution in [2.45, 2.75) is 27.2 Å². The zero-order valence-electron chi connectivity index (χ0n) is 13.3. The van der Waals surface area contributed by atoms with Crippen LogP contribution in [0.15, 0.2) is 33.5 Å². The average Bonchev–Trinajstić information content (AvgIpc) is 2.51. The van der Waals surface area contributed by atoms with E-state index in [-0.39, 0.29) is 29.5 Å². The van der Waals surface area contributed by atoms with E-state index >= 15 is 0 Å². The van der Waals surface area contributed by atoms with E-state index in [1.807, 2.05) is 13.8 Å². The molecule has 23 heavy (non-hydrogen) atoms. The molecule has 0 unspecified atom stereocenters. The Hall–Kier alpha value is -2.63. The lowest BCUT2D eigenvalue weighted by Gasteiger charge is -2.08. The molecule has 1 heterocycles. The molecule has 1 amide bonds. The molecule has 2 rings (SSSR count). The van der Waals surface area contributed by atoms with Gasteiger partial charge in [-0.05, 0) is 24.1 Å². The van der Waals surface area contributed by atoms with Crippen molar-refractivity contribution >= 4 is 22.8 Å². The van der Waals surface area contributed by atoms with E-state index in [0.29, 0.717) is 17.7 Å². The number of amides is 1. The highest BCUT2D eigenvalue weighted by Gasteiger charge is 2.14. The van der Waals surface area contributed by atoms with Crippen molar-refractivity contribution in [3.05, 3.63) is 40.2 Å². The quantitative estimate of drug-likeness (QED) is 0.520. The summed E-state index contributed by atoms with van der Waals surface area (Å²) in [6.45, 7) is 6.08. The lowest BCUT2D eigenvalue weighted by molar-refractivity contribution is -0.134. The van der Waals surface area contributed by atoms with Gasteiger partial charge in [0.1, 0.15) is 16.9 Å². The van der Waals surface area contributed by atoms with Gasteiger partial charge >= 0.3 is 11.6 Å². The number of fused-ring (bicyclic) bond motifs is 1. The van der Waals surface area contributed by atoms with Crippen molar-refractivity contribution in [1.82, 2.24) is 5.32 Å². The zero-order valence-corrected chi connectivity index (χ0v) is 13.3. The van der Waals surface area contributed by atoms with Crippen LogP contribution in [0, 0.1) is 5.92 Å². The van der Waals surface area contributed by atoms with Crippen LogP contribution in [-0.4, -0.2) is 18.4 Å². The molecule has 2 aromatic rings. The van der Waals surface area contributed by atoms with Crippen LogP contribution < -0.4 is 15.7 Å². The van der Waals surface area contributed by atoms with E-state index in [1.54, 1.807) is 19.1 Å². The van der Waals surface area contributed by atoms with Crippen LogP contribution in [0.4, 0.5) is 0 Å². The minimum absolute atomic E-state index is 0.0450. The predicted molar refractivity (Wildman–Crippen MR) is 85.6 cm³/mol. The summed E-state index contributed by atoms with van der Waals surface area (Å²) in [6, 6.07) is 6.16. The highest BCUT2D eigenvalue weighted by atomic mass is 16.5.